The molecule has 1 atom stereocenters. The fourth-order valence-electron chi connectivity index (χ4n) is 2.55. The minimum absolute atomic E-state index is 0.00275. The molecule has 0 amide bonds. The summed E-state index contributed by atoms with van der Waals surface area (Å²) in [4.78, 5) is 11.2. The first-order valence-corrected chi connectivity index (χ1v) is 5.42. The number of rotatable bonds is 3. The Bertz CT molecular complexity index is 454. The van der Waals surface area contributed by atoms with Gasteiger partial charge < -0.3 is 5.11 Å². The zero-order valence-corrected chi connectivity index (χ0v) is 9.71. The topological polar surface area (TPSA) is 37.3 Å². The van der Waals surface area contributed by atoms with E-state index in [0.717, 1.165) is 0 Å². The second-order valence-electron chi connectivity index (χ2n) is 5.21. The highest BCUT2D eigenvalue weighted by Gasteiger charge is 2.79. The van der Waals surface area contributed by atoms with E-state index < -0.39 is 22.7 Å². The van der Waals surface area contributed by atoms with E-state index in [0.29, 0.717) is 0 Å². The molecule has 0 aromatic heterocycles. The Morgan fingerprint density at radius 1 is 1.29 bits per heavy atom. The summed E-state index contributed by atoms with van der Waals surface area (Å²) in [5.74, 6) is -4.76. The maximum absolute atomic E-state index is 14.4. The van der Waals surface area contributed by atoms with Gasteiger partial charge >= 0.3 is 5.97 Å². The van der Waals surface area contributed by atoms with Crippen LogP contribution in [-0.2, 0) is 10.7 Å². The van der Waals surface area contributed by atoms with Crippen molar-refractivity contribution >= 4 is 5.97 Å². The molecule has 0 saturated heterocycles. The number of carboxylic acids is 1. The van der Waals surface area contributed by atoms with Gasteiger partial charge in [0.15, 0.2) is 0 Å². The Morgan fingerprint density at radius 3 is 2.12 bits per heavy atom. The number of carbonyl (C=O) groups is 1. The van der Waals surface area contributed by atoms with E-state index >= 15 is 0 Å². The third-order valence-electron chi connectivity index (χ3n) is 3.77. The Labute approximate surface area is 98.3 Å². The van der Waals surface area contributed by atoms with Gasteiger partial charge in [-0.1, -0.05) is 44.2 Å². The molecule has 1 N–H and O–H groups in total. The molecule has 0 aliphatic heterocycles. The molecule has 1 saturated carbocycles. The van der Waals surface area contributed by atoms with Crippen molar-refractivity contribution in [1.82, 2.24) is 0 Å². The van der Waals surface area contributed by atoms with Crippen molar-refractivity contribution in [1.29, 1.82) is 0 Å². The predicted octanol–water partition coefficient (Wildman–Crippen LogP) is 3.28. The van der Waals surface area contributed by atoms with Gasteiger partial charge in [-0.15, -0.1) is 0 Å². The van der Waals surface area contributed by atoms with Gasteiger partial charge in [0.05, 0.1) is 0 Å². The lowest BCUT2D eigenvalue weighted by atomic mass is 9.85. The summed E-state index contributed by atoms with van der Waals surface area (Å²) in [6, 6.07) is 7.17. The van der Waals surface area contributed by atoms with Crippen LogP contribution in [0.5, 0.6) is 0 Å². The largest absolute Gasteiger partial charge is 0.481 e. The highest BCUT2D eigenvalue weighted by molar-refractivity contribution is 5.81. The first-order valence-electron chi connectivity index (χ1n) is 5.42. The standard InChI is InChI=1S/C13H14F2O2/c1-11(2)8-12(11,10(16)17)13(14,15)9-6-4-3-5-7-9/h3-7H,8H2,1-2H3,(H,16,17). The molecule has 0 radical (unpaired) electrons. The Morgan fingerprint density at radius 2 is 1.76 bits per heavy atom. The molecule has 17 heavy (non-hydrogen) atoms. The number of alkyl halides is 2. The SMILES string of the molecule is CC1(C)CC1(C(=O)O)C(F)(F)c1ccccc1. The second-order valence-corrected chi connectivity index (χ2v) is 5.21. The predicted molar refractivity (Wildman–Crippen MR) is 58.8 cm³/mol. The lowest BCUT2D eigenvalue weighted by molar-refractivity contribution is -0.168. The van der Waals surface area contributed by atoms with Crippen LogP contribution in [0.3, 0.4) is 0 Å². The quantitative estimate of drug-likeness (QED) is 0.880. The Kier molecular flexibility index (Phi) is 2.32. The highest BCUT2D eigenvalue weighted by Crippen LogP contribution is 2.73. The minimum Gasteiger partial charge on any atom is -0.481 e. The van der Waals surface area contributed by atoms with Crippen LogP contribution in [0, 0.1) is 10.8 Å². The van der Waals surface area contributed by atoms with Gasteiger partial charge in [0.25, 0.3) is 5.92 Å². The molecule has 0 bridgehead atoms. The molecular formula is C13H14F2O2. The highest BCUT2D eigenvalue weighted by atomic mass is 19.3. The number of benzene rings is 1. The monoisotopic (exact) mass is 240 g/mol. The first-order chi connectivity index (χ1) is 7.76. The number of carboxylic acid groups (broad SMARTS) is 1. The van der Waals surface area contributed by atoms with E-state index in [1.807, 2.05) is 0 Å². The smallest absolute Gasteiger partial charge is 0.316 e. The van der Waals surface area contributed by atoms with Crippen LogP contribution in [0.15, 0.2) is 30.3 Å². The number of hydrogen-bond donors (Lipinski definition) is 1. The van der Waals surface area contributed by atoms with Crippen LogP contribution in [0.4, 0.5) is 8.78 Å². The summed E-state index contributed by atoms with van der Waals surface area (Å²) >= 11 is 0. The molecule has 2 nitrogen and oxygen atoms in total. The molecule has 0 heterocycles. The van der Waals surface area contributed by atoms with Crippen molar-refractivity contribution < 1.29 is 18.7 Å². The van der Waals surface area contributed by atoms with E-state index in [4.69, 9.17) is 5.11 Å². The van der Waals surface area contributed by atoms with Gasteiger partial charge in [-0.3, -0.25) is 4.79 Å². The normalized spacial score (nSPS) is 26.6. The molecule has 1 aliphatic rings. The van der Waals surface area contributed by atoms with Crippen LogP contribution >= 0.6 is 0 Å². The van der Waals surface area contributed by atoms with Crippen molar-refractivity contribution in [2.45, 2.75) is 26.2 Å². The maximum atomic E-state index is 14.4. The second kappa shape index (κ2) is 3.28. The van der Waals surface area contributed by atoms with Crippen molar-refractivity contribution in [2.75, 3.05) is 0 Å². The fourth-order valence-corrected chi connectivity index (χ4v) is 2.55. The van der Waals surface area contributed by atoms with Crippen LogP contribution in [0.25, 0.3) is 0 Å². The van der Waals surface area contributed by atoms with Gasteiger partial charge in [-0.2, -0.15) is 0 Å². The van der Waals surface area contributed by atoms with Crippen molar-refractivity contribution in [3.05, 3.63) is 35.9 Å². The van der Waals surface area contributed by atoms with Gasteiger partial charge in [-0.25, -0.2) is 8.78 Å². The third kappa shape index (κ3) is 1.39. The molecule has 2 rings (SSSR count). The van der Waals surface area contributed by atoms with Crippen LogP contribution in [0.2, 0.25) is 0 Å². The number of halogens is 2. The zero-order chi connectivity index (χ0) is 12.9. The van der Waals surface area contributed by atoms with Gasteiger partial charge in [0, 0.05) is 5.56 Å². The van der Waals surface area contributed by atoms with Gasteiger partial charge in [-0.05, 0) is 11.8 Å². The molecule has 1 unspecified atom stereocenters. The van der Waals surface area contributed by atoms with Crippen LogP contribution in [0.1, 0.15) is 25.8 Å². The maximum Gasteiger partial charge on any atom is 0.316 e. The zero-order valence-electron chi connectivity index (χ0n) is 9.71. The van der Waals surface area contributed by atoms with Crippen molar-refractivity contribution in [2.24, 2.45) is 10.8 Å². The summed E-state index contributed by atoms with van der Waals surface area (Å²) < 4.78 is 28.7. The third-order valence-corrected chi connectivity index (χ3v) is 3.77. The molecule has 1 aromatic rings. The molecule has 1 aliphatic carbocycles. The molecule has 1 aromatic carbocycles. The summed E-state index contributed by atoms with van der Waals surface area (Å²) in [5.41, 5.74) is -3.08. The fraction of sp³-hybridized carbons (Fsp3) is 0.462. The van der Waals surface area contributed by atoms with Crippen molar-refractivity contribution in [3.8, 4) is 0 Å². The number of aliphatic carboxylic acids is 1. The van der Waals surface area contributed by atoms with Gasteiger partial charge in [0.1, 0.15) is 5.41 Å². The molecular weight excluding hydrogens is 226 g/mol. The Hall–Kier alpha value is -1.45. The molecule has 1 fully saturated rings. The van der Waals surface area contributed by atoms with E-state index in [2.05, 4.69) is 0 Å². The van der Waals surface area contributed by atoms with Crippen LogP contribution in [-0.4, -0.2) is 11.1 Å². The number of hydrogen-bond acceptors (Lipinski definition) is 1. The van der Waals surface area contributed by atoms with Crippen LogP contribution < -0.4 is 0 Å². The molecule has 4 heteroatoms. The van der Waals surface area contributed by atoms with Crippen molar-refractivity contribution in [3.63, 3.8) is 0 Å². The van der Waals surface area contributed by atoms with E-state index in [1.165, 1.54) is 24.3 Å². The molecule has 0 spiro atoms. The van der Waals surface area contributed by atoms with E-state index in [-0.39, 0.29) is 12.0 Å². The summed E-state index contributed by atoms with van der Waals surface area (Å²) in [6.45, 7) is 3.13. The first kappa shape index (κ1) is 12.0. The summed E-state index contributed by atoms with van der Waals surface area (Å²) in [6.07, 6.45) is -0.00275. The lowest BCUT2D eigenvalue weighted by Crippen LogP contribution is -2.38. The van der Waals surface area contributed by atoms with E-state index in [1.54, 1.807) is 19.9 Å². The molecule has 92 valence electrons. The minimum atomic E-state index is -3.34. The van der Waals surface area contributed by atoms with E-state index in [9.17, 15) is 13.6 Å². The Balaban J connectivity index is 2.50. The lowest BCUT2D eigenvalue weighted by Gasteiger charge is -2.27. The average molecular weight is 240 g/mol. The summed E-state index contributed by atoms with van der Waals surface area (Å²) in [7, 11) is 0. The summed E-state index contributed by atoms with van der Waals surface area (Å²) in [5, 5.41) is 9.16. The average Bonchev–Trinajstić information content (AvgIpc) is 2.85. The van der Waals surface area contributed by atoms with Gasteiger partial charge in [0.2, 0.25) is 0 Å².